The summed E-state index contributed by atoms with van der Waals surface area (Å²) in [5.41, 5.74) is 1.69. The lowest BCUT2D eigenvalue weighted by Gasteiger charge is -2.05. The third-order valence-corrected chi connectivity index (χ3v) is 3.69. The van der Waals surface area contributed by atoms with E-state index in [0.29, 0.717) is 22.3 Å². The Kier molecular flexibility index (Phi) is 6.68. The normalized spacial score (nSPS) is 10.8. The highest BCUT2D eigenvalue weighted by Crippen LogP contribution is 2.14. The number of carbonyl (C=O) groups excluding carboxylic acids is 1. The van der Waals surface area contributed by atoms with Crippen LogP contribution in [0.15, 0.2) is 60.3 Å². The number of nitrogens with one attached hydrogen (secondary N) is 2. The number of hydrogen-bond acceptors (Lipinski definition) is 3. The van der Waals surface area contributed by atoms with E-state index in [4.69, 9.17) is 28.5 Å². The van der Waals surface area contributed by atoms with Gasteiger partial charge in [0, 0.05) is 28.5 Å². The van der Waals surface area contributed by atoms with Crippen LogP contribution < -0.4 is 10.6 Å². The van der Waals surface area contributed by atoms with Crippen molar-refractivity contribution in [1.29, 1.82) is 5.26 Å². The van der Waals surface area contributed by atoms with Crippen molar-refractivity contribution in [3.63, 3.8) is 0 Å². The maximum absolute atomic E-state index is 12.0. The molecule has 2 aromatic rings. The molecule has 0 bridgehead atoms. The van der Waals surface area contributed by atoms with Gasteiger partial charge in [0.15, 0.2) is 0 Å². The first kappa shape index (κ1) is 17.9. The number of carbonyl (C=O) groups is 1. The number of benzene rings is 2. The van der Waals surface area contributed by atoms with E-state index in [1.807, 2.05) is 30.3 Å². The highest BCUT2D eigenvalue weighted by Gasteiger charge is 2.08. The molecule has 4 nitrogen and oxygen atoms in total. The molecule has 0 spiro atoms. The molecule has 2 N–H and O–H groups in total. The van der Waals surface area contributed by atoms with Crippen LogP contribution in [0.25, 0.3) is 0 Å². The molecule has 0 aliphatic heterocycles. The van der Waals surface area contributed by atoms with Crippen molar-refractivity contribution in [2.75, 3.05) is 11.9 Å². The van der Waals surface area contributed by atoms with E-state index in [1.54, 1.807) is 24.3 Å². The van der Waals surface area contributed by atoms with Crippen LogP contribution in [0.4, 0.5) is 5.69 Å². The number of nitriles is 1. The van der Waals surface area contributed by atoms with E-state index in [2.05, 4.69) is 10.6 Å². The van der Waals surface area contributed by atoms with Crippen LogP contribution in [0.1, 0.15) is 5.56 Å². The summed E-state index contributed by atoms with van der Waals surface area (Å²) in [6, 6.07) is 16.1. The van der Waals surface area contributed by atoms with Crippen molar-refractivity contribution >= 4 is 34.8 Å². The van der Waals surface area contributed by atoms with Gasteiger partial charge in [-0.05, 0) is 48.4 Å². The van der Waals surface area contributed by atoms with Crippen LogP contribution in [0.3, 0.4) is 0 Å². The fourth-order valence-corrected chi connectivity index (χ4v) is 2.17. The zero-order valence-corrected chi connectivity index (χ0v) is 14.2. The molecule has 6 heteroatoms. The minimum atomic E-state index is -0.473. The molecule has 1 amide bonds. The molecule has 24 heavy (non-hydrogen) atoms. The Bertz CT molecular complexity index is 762. The summed E-state index contributed by atoms with van der Waals surface area (Å²) in [4.78, 5) is 12.0. The summed E-state index contributed by atoms with van der Waals surface area (Å²) in [5.74, 6) is -0.473. The molecule has 0 atom stereocenters. The van der Waals surface area contributed by atoms with Crippen molar-refractivity contribution in [2.24, 2.45) is 0 Å². The standard InChI is InChI=1S/C18H15Cl2N3O/c19-15-3-1-13(2-4-15)9-10-22-12-14(11-21)18(24)23-17-7-5-16(20)6-8-17/h1-8,12,22H,9-10H2,(H,23,24)/b14-12-. The number of nitrogens with zero attached hydrogens (tertiary/aromatic N) is 1. The second-order valence-corrected chi connectivity index (χ2v) is 5.83. The number of hydrogen-bond donors (Lipinski definition) is 2. The van der Waals surface area contributed by atoms with Gasteiger partial charge in [0.1, 0.15) is 11.6 Å². The summed E-state index contributed by atoms with van der Waals surface area (Å²) in [6.07, 6.45) is 2.17. The quantitative estimate of drug-likeness (QED) is 0.462. The minimum absolute atomic E-state index is 0.000978. The highest BCUT2D eigenvalue weighted by molar-refractivity contribution is 6.30. The summed E-state index contributed by atoms with van der Waals surface area (Å²) in [7, 11) is 0. The Morgan fingerprint density at radius 1 is 1.04 bits per heavy atom. The Balaban J connectivity index is 1.86. The predicted molar refractivity (Wildman–Crippen MR) is 96.9 cm³/mol. The van der Waals surface area contributed by atoms with Crippen LogP contribution in [-0.4, -0.2) is 12.5 Å². The molecule has 0 aliphatic carbocycles. The van der Waals surface area contributed by atoms with E-state index in [-0.39, 0.29) is 5.57 Å². The first-order valence-electron chi connectivity index (χ1n) is 7.23. The van der Waals surface area contributed by atoms with Crippen molar-refractivity contribution in [3.05, 3.63) is 75.9 Å². The summed E-state index contributed by atoms with van der Waals surface area (Å²) in [5, 5.41) is 16.0. The third kappa shape index (κ3) is 5.62. The monoisotopic (exact) mass is 359 g/mol. The molecule has 0 fully saturated rings. The van der Waals surface area contributed by atoms with Gasteiger partial charge in [-0.1, -0.05) is 35.3 Å². The number of amides is 1. The van der Waals surface area contributed by atoms with Crippen molar-refractivity contribution < 1.29 is 4.79 Å². The summed E-state index contributed by atoms with van der Waals surface area (Å²) in [6.45, 7) is 0.598. The largest absolute Gasteiger partial charge is 0.389 e. The third-order valence-electron chi connectivity index (χ3n) is 3.18. The van der Waals surface area contributed by atoms with Crippen LogP contribution in [-0.2, 0) is 11.2 Å². The number of halogens is 2. The molecule has 2 rings (SSSR count). The molecule has 2 aromatic carbocycles. The molecular weight excluding hydrogens is 345 g/mol. The summed E-state index contributed by atoms with van der Waals surface area (Å²) >= 11 is 11.6. The van der Waals surface area contributed by atoms with E-state index in [1.165, 1.54) is 6.20 Å². The topological polar surface area (TPSA) is 64.9 Å². The summed E-state index contributed by atoms with van der Waals surface area (Å²) < 4.78 is 0. The van der Waals surface area contributed by atoms with Gasteiger partial charge >= 0.3 is 0 Å². The van der Waals surface area contributed by atoms with Gasteiger partial charge in [-0.15, -0.1) is 0 Å². The molecule has 0 radical (unpaired) electrons. The lowest BCUT2D eigenvalue weighted by molar-refractivity contribution is -0.112. The first-order chi connectivity index (χ1) is 11.6. The lowest BCUT2D eigenvalue weighted by Crippen LogP contribution is -2.17. The fourth-order valence-electron chi connectivity index (χ4n) is 1.92. The second-order valence-electron chi connectivity index (χ2n) is 4.96. The van der Waals surface area contributed by atoms with Crippen molar-refractivity contribution in [2.45, 2.75) is 6.42 Å². The zero-order chi connectivity index (χ0) is 17.4. The first-order valence-corrected chi connectivity index (χ1v) is 7.99. The minimum Gasteiger partial charge on any atom is -0.389 e. The average molecular weight is 360 g/mol. The lowest BCUT2D eigenvalue weighted by atomic mass is 10.1. The van der Waals surface area contributed by atoms with Crippen LogP contribution in [0.2, 0.25) is 10.0 Å². The molecule has 122 valence electrons. The Morgan fingerprint density at radius 2 is 1.62 bits per heavy atom. The maximum Gasteiger partial charge on any atom is 0.267 e. The number of anilines is 1. The Morgan fingerprint density at radius 3 is 2.21 bits per heavy atom. The van der Waals surface area contributed by atoms with E-state index in [0.717, 1.165) is 12.0 Å². The van der Waals surface area contributed by atoms with Gasteiger partial charge in [0.2, 0.25) is 0 Å². The van der Waals surface area contributed by atoms with Crippen molar-refractivity contribution in [3.8, 4) is 6.07 Å². The van der Waals surface area contributed by atoms with Crippen molar-refractivity contribution in [1.82, 2.24) is 5.32 Å². The van der Waals surface area contributed by atoms with Crippen LogP contribution in [0.5, 0.6) is 0 Å². The van der Waals surface area contributed by atoms with Gasteiger partial charge in [-0.2, -0.15) is 5.26 Å². The fraction of sp³-hybridized carbons (Fsp3) is 0.111. The molecule has 0 aromatic heterocycles. The van der Waals surface area contributed by atoms with Crippen LogP contribution >= 0.6 is 23.2 Å². The van der Waals surface area contributed by atoms with Gasteiger partial charge < -0.3 is 10.6 Å². The van der Waals surface area contributed by atoms with Crippen LogP contribution in [0, 0.1) is 11.3 Å². The van der Waals surface area contributed by atoms with E-state index in [9.17, 15) is 4.79 Å². The van der Waals surface area contributed by atoms with Gasteiger partial charge in [-0.25, -0.2) is 0 Å². The second kappa shape index (κ2) is 8.97. The average Bonchev–Trinajstić information content (AvgIpc) is 2.58. The zero-order valence-electron chi connectivity index (χ0n) is 12.7. The SMILES string of the molecule is N#C/C(=C/NCCc1ccc(Cl)cc1)C(=O)Nc1ccc(Cl)cc1. The van der Waals surface area contributed by atoms with Gasteiger partial charge in [-0.3, -0.25) is 4.79 Å². The maximum atomic E-state index is 12.0. The molecule has 0 saturated heterocycles. The Hall–Kier alpha value is -2.48. The number of rotatable bonds is 6. The molecule has 0 saturated carbocycles. The van der Waals surface area contributed by atoms with Gasteiger partial charge in [0.05, 0.1) is 0 Å². The molecule has 0 unspecified atom stereocenters. The Labute approximate surface area is 150 Å². The molecule has 0 aliphatic rings. The van der Waals surface area contributed by atoms with Gasteiger partial charge in [0.25, 0.3) is 5.91 Å². The highest BCUT2D eigenvalue weighted by atomic mass is 35.5. The molecular formula is C18H15Cl2N3O. The predicted octanol–water partition coefficient (Wildman–Crippen LogP) is 4.17. The van der Waals surface area contributed by atoms with E-state index >= 15 is 0 Å². The molecule has 0 heterocycles. The van der Waals surface area contributed by atoms with E-state index < -0.39 is 5.91 Å². The smallest absolute Gasteiger partial charge is 0.267 e.